The molecule has 30 heavy (non-hydrogen) atoms. The molecular weight excluding hydrogens is 382 g/mol. The van der Waals surface area contributed by atoms with Crippen molar-refractivity contribution in [2.45, 2.75) is 64.8 Å². The second-order valence-corrected chi connectivity index (χ2v) is 8.83. The highest BCUT2D eigenvalue weighted by atomic mass is 16.5. The maximum Gasteiger partial charge on any atom is 0.325 e. The van der Waals surface area contributed by atoms with Crippen molar-refractivity contribution in [1.29, 1.82) is 0 Å². The molecule has 1 aliphatic carbocycles. The summed E-state index contributed by atoms with van der Waals surface area (Å²) in [5, 5.41) is 5.62. The Balaban J connectivity index is 1.50. The van der Waals surface area contributed by atoms with Gasteiger partial charge in [-0.15, -0.1) is 0 Å². The molecule has 0 radical (unpaired) electrons. The van der Waals surface area contributed by atoms with Gasteiger partial charge in [0.15, 0.2) is 0 Å². The van der Waals surface area contributed by atoms with Gasteiger partial charge in [0.25, 0.3) is 5.91 Å². The second-order valence-electron chi connectivity index (χ2n) is 8.83. The molecule has 164 valence electrons. The first-order valence-electron chi connectivity index (χ1n) is 10.9. The minimum Gasteiger partial charge on any atom is -0.491 e. The molecule has 2 atom stereocenters. The zero-order valence-electron chi connectivity index (χ0n) is 18.4. The van der Waals surface area contributed by atoms with Crippen molar-refractivity contribution in [2.24, 2.45) is 5.92 Å². The van der Waals surface area contributed by atoms with Gasteiger partial charge in [0, 0.05) is 0 Å². The SMILES string of the molecule is Cc1ccc(C(C)C)c(OCCNC(=O)CN2C(=O)N[C@]3(CCCC[C@@H]3C)C2=O)c1. The van der Waals surface area contributed by atoms with Crippen molar-refractivity contribution >= 4 is 17.8 Å². The zero-order valence-corrected chi connectivity index (χ0v) is 18.4. The summed E-state index contributed by atoms with van der Waals surface area (Å²) in [6, 6.07) is 5.65. The Morgan fingerprint density at radius 2 is 2.10 bits per heavy atom. The smallest absolute Gasteiger partial charge is 0.325 e. The van der Waals surface area contributed by atoms with Gasteiger partial charge in [-0.3, -0.25) is 14.5 Å². The van der Waals surface area contributed by atoms with Crippen LogP contribution in [0.2, 0.25) is 0 Å². The lowest BCUT2D eigenvalue weighted by molar-refractivity contribution is -0.137. The van der Waals surface area contributed by atoms with Gasteiger partial charge >= 0.3 is 6.03 Å². The van der Waals surface area contributed by atoms with Crippen LogP contribution in [0.1, 0.15) is 63.5 Å². The summed E-state index contributed by atoms with van der Waals surface area (Å²) in [5.41, 5.74) is 1.40. The van der Waals surface area contributed by atoms with E-state index in [0.717, 1.165) is 41.0 Å². The molecule has 1 aromatic rings. The van der Waals surface area contributed by atoms with Crippen LogP contribution in [0.4, 0.5) is 4.79 Å². The Morgan fingerprint density at radius 1 is 1.33 bits per heavy atom. The predicted molar refractivity (Wildman–Crippen MR) is 114 cm³/mol. The second kappa shape index (κ2) is 9.06. The fourth-order valence-electron chi connectivity index (χ4n) is 4.43. The number of imide groups is 1. The monoisotopic (exact) mass is 415 g/mol. The number of amides is 4. The van der Waals surface area contributed by atoms with Gasteiger partial charge in [0.2, 0.25) is 5.91 Å². The number of rotatable bonds is 7. The molecule has 3 rings (SSSR count). The first-order valence-corrected chi connectivity index (χ1v) is 10.9. The Labute approximate surface area is 178 Å². The molecule has 0 bridgehead atoms. The summed E-state index contributed by atoms with van der Waals surface area (Å²) < 4.78 is 5.87. The maximum absolute atomic E-state index is 12.9. The van der Waals surface area contributed by atoms with Crippen molar-refractivity contribution in [3.8, 4) is 5.75 Å². The molecule has 1 aromatic carbocycles. The van der Waals surface area contributed by atoms with E-state index < -0.39 is 11.6 Å². The molecule has 1 heterocycles. The van der Waals surface area contributed by atoms with Crippen molar-refractivity contribution in [1.82, 2.24) is 15.5 Å². The van der Waals surface area contributed by atoms with Gasteiger partial charge in [0.1, 0.15) is 24.4 Å². The number of hydrogen-bond donors (Lipinski definition) is 2. The molecule has 1 spiro atoms. The van der Waals surface area contributed by atoms with Crippen molar-refractivity contribution in [3.05, 3.63) is 29.3 Å². The minimum atomic E-state index is -0.836. The van der Waals surface area contributed by atoms with E-state index in [1.165, 1.54) is 0 Å². The minimum absolute atomic E-state index is 0.0774. The first kappa shape index (κ1) is 22.1. The molecule has 4 amide bonds. The van der Waals surface area contributed by atoms with E-state index in [-0.39, 0.29) is 24.3 Å². The van der Waals surface area contributed by atoms with E-state index >= 15 is 0 Å². The third kappa shape index (κ3) is 4.45. The topological polar surface area (TPSA) is 87.7 Å². The molecule has 0 unspecified atom stereocenters. The van der Waals surface area contributed by atoms with Crippen molar-refractivity contribution in [3.63, 3.8) is 0 Å². The average molecular weight is 416 g/mol. The Hall–Kier alpha value is -2.57. The molecule has 7 nitrogen and oxygen atoms in total. The summed E-state index contributed by atoms with van der Waals surface area (Å²) in [6.45, 7) is 8.58. The highest BCUT2D eigenvalue weighted by molar-refractivity contribution is 6.09. The van der Waals surface area contributed by atoms with E-state index in [9.17, 15) is 14.4 Å². The number of carbonyl (C=O) groups excluding carboxylic acids is 3. The molecule has 7 heteroatoms. The zero-order chi connectivity index (χ0) is 21.9. The number of hydrogen-bond acceptors (Lipinski definition) is 4. The van der Waals surface area contributed by atoms with E-state index in [4.69, 9.17) is 4.74 Å². The Morgan fingerprint density at radius 3 is 2.80 bits per heavy atom. The molecule has 1 saturated carbocycles. The third-order valence-corrected chi connectivity index (χ3v) is 6.28. The highest BCUT2D eigenvalue weighted by Gasteiger charge is 2.55. The molecule has 2 aliphatic rings. The largest absolute Gasteiger partial charge is 0.491 e. The lowest BCUT2D eigenvalue weighted by atomic mass is 9.73. The van der Waals surface area contributed by atoms with Gasteiger partial charge in [-0.2, -0.15) is 0 Å². The van der Waals surface area contributed by atoms with E-state index in [1.54, 1.807) is 0 Å². The highest BCUT2D eigenvalue weighted by Crippen LogP contribution is 2.38. The number of benzene rings is 1. The summed E-state index contributed by atoms with van der Waals surface area (Å²) in [6.07, 6.45) is 3.51. The molecule has 2 N–H and O–H groups in total. The molecule has 0 aromatic heterocycles. The number of nitrogens with one attached hydrogen (secondary N) is 2. The van der Waals surface area contributed by atoms with Crippen LogP contribution in [-0.2, 0) is 9.59 Å². The molecular formula is C23H33N3O4. The van der Waals surface area contributed by atoms with Crippen LogP contribution in [0.3, 0.4) is 0 Å². The van der Waals surface area contributed by atoms with E-state index in [1.807, 2.05) is 19.9 Å². The Kier molecular flexibility index (Phi) is 6.68. The summed E-state index contributed by atoms with van der Waals surface area (Å²) >= 11 is 0. The van der Waals surface area contributed by atoms with Gasteiger partial charge in [-0.1, -0.05) is 45.7 Å². The van der Waals surface area contributed by atoms with Crippen molar-refractivity contribution in [2.75, 3.05) is 19.7 Å². The van der Waals surface area contributed by atoms with Crippen molar-refractivity contribution < 1.29 is 19.1 Å². The number of ether oxygens (including phenoxy) is 1. The lowest BCUT2D eigenvalue weighted by Gasteiger charge is -2.36. The standard InChI is InChI=1S/C23H33N3O4/c1-15(2)18-9-8-16(3)13-19(18)30-12-11-24-20(27)14-26-21(28)23(25-22(26)29)10-6-5-7-17(23)4/h8-9,13,15,17H,5-7,10-12,14H2,1-4H3,(H,24,27)(H,25,29)/t17-,23-/m0/s1. The number of carbonyl (C=O) groups is 3. The first-order chi connectivity index (χ1) is 14.2. The normalized spacial score (nSPS) is 23.8. The number of urea groups is 1. The van der Waals surface area contributed by atoms with Crippen LogP contribution in [0, 0.1) is 12.8 Å². The fraction of sp³-hybridized carbons (Fsp3) is 0.609. The van der Waals surface area contributed by atoms with Gasteiger partial charge < -0.3 is 15.4 Å². The van der Waals surface area contributed by atoms with Crippen LogP contribution >= 0.6 is 0 Å². The number of aryl methyl sites for hydroxylation is 1. The predicted octanol–water partition coefficient (Wildman–Crippen LogP) is 3.11. The van der Waals surface area contributed by atoms with E-state index in [2.05, 4.69) is 36.6 Å². The Bertz CT molecular complexity index is 823. The molecule has 2 fully saturated rings. The van der Waals surface area contributed by atoms with Crippen LogP contribution in [0.5, 0.6) is 5.75 Å². The van der Waals surface area contributed by atoms with Crippen LogP contribution in [-0.4, -0.2) is 48.0 Å². The maximum atomic E-state index is 12.9. The lowest BCUT2D eigenvalue weighted by Crippen LogP contribution is -2.54. The molecule has 1 saturated heterocycles. The molecule has 1 aliphatic heterocycles. The van der Waals surface area contributed by atoms with Gasteiger partial charge in [-0.05, 0) is 48.8 Å². The van der Waals surface area contributed by atoms with Gasteiger partial charge in [-0.25, -0.2) is 4.79 Å². The quantitative estimate of drug-likeness (QED) is 0.529. The van der Waals surface area contributed by atoms with Gasteiger partial charge in [0.05, 0.1) is 6.54 Å². The third-order valence-electron chi connectivity index (χ3n) is 6.28. The van der Waals surface area contributed by atoms with Crippen LogP contribution in [0.15, 0.2) is 18.2 Å². The fourth-order valence-corrected chi connectivity index (χ4v) is 4.43. The number of nitrogens with zero attached hydrogens (tertiary/aromatic N) is 1. The van der Waals surface area contributed by atoms with Crippen LogP contribution < -0.4 is 15.4 Å². The summed E-state index contributed by atoms with van der Waals surface area (Å²) in [7, 11) is 0. The van der Waals surface area contributed by atoms with E-state index in [0.29, 0.717) is 25.5 Å². The average Bonchev–Trinajstić information content (AvgIpc) is 2.92. The summed E-state index contributed by atoms with van der Waals surface area (Å²) in [5.74, 6) is 0.600. The van der Waals surface area contributed by atoms with Crippen LogP contribution in [0.25, 0.3) is 0 Å². The summed E-state index contributed by atoms with van der Waals surface area (Å²) in [4.78, 5) is 38.7.